The Kier molecular flexibility index (Phi) is 7.55. The summed E-state index contributed by atoms with van der Waals surface area (Å²) >= 11 is 13.4. The molecule has 0 aliphatic heterocycles. The van der Waals surface area contributed by atoms with Crippen molar-refractivity contribution in [3.8, 4) is 11.4 Å². The molecule has 6 nitrogen and oxygen atoms in total. The highest BCUT2D eigenvalue weighted by atomic mass is 35.5. The molecule has 0 atom stereocenters. The summed E-state index contributed by atoms with van der Waals surface area (Å²) < 4.78 is 7.14. The van der Waals surface area contributed by atoms with Crippen LogP contribution in [-0.4, -0.2) is 40.1 Å². The molecule has 3 aromatic rings. The predicted octanol–water partition coefficient (Wildman–Crippen LogP) is 4.94. The van der Waals surface area contributed by atoms with Crippen LogP contribution in [0, 0.1) is 6.92 Å². The second-order valence-corrected chi connectivity index (χ2v) is 8.04. The number of benzene rings is 2. The number of nitrogens with one attached hydrogen (secondary N) is 1. The lowest BCUT2D eigenvalue weighted by atomic mass is 10.2. The summed E-state index contributed by atoms with van der Waals surface area (Å²) in [7, 11) is 1.64. The number of aromatic nitrogens is 3. The third-order valence-electron chi connectivity index (χ3n) is 4.13. The van der Waals surface area contributed by atoms with Gasteiger partial charge in [-0.15, -0.1) is 10.2 Å². The SMILES string of the molecule is COCCn1c(SCC(=O)Nc2ccc(C)c(Cl)c2)nnc1-c1ccc(Cl)cc1. The second-order valence-electron chi connectivity index (χ2n) is 6.26. The lowest BCUT2D eigenvalue weighted by Gasteiger charge is -2.10. The lowest BCUT2D eigenvalue weighted by molar-refractivity contribution is -0.113. The number of nitrogens with zero attached hydrogens (tertiary/aromatic N) is 3. The molecule has 1 amide bonds. The molecule has 2 aromatic carbocycles. The number of ether oxygens (including phenoxy) is 1. The molecule has 1 N–H and O–H groups in total. The topological polar surface area (TPSA) is 69.0 Å². The molecule has 1 heterocycles. The van der Waals surface area contributed by atoms with E-state index in [0.29, 0.717) is 39.9 Å². The van der Waals surface area contributed by atoms with Crippen molar-refractivity contribution in [1.82, 2.24) is 14.8 Å². The van der Waals surface area contributed by atoms with Crippen LogP contribution in [0.15, 0.2) is 47.6 Å². The zero-order valence-electron chi connectivity index (χ0n) is 16.0. The third kappa shape index (κ3) is 5.73. The molecule has 9 heteroatoms. The lowest BCUT2D eigenvalue weighted by Crippen LogP contribution is -2.15. The number of methoxy groups -OCH3 is 1. The number of carbonyl (C=O) groups excluding carboxylic acids is 1. The number of anilines is 1. The van der Waals surface area contributed by atoms with E-state index < -0.39 is 0 Å². The molecule has 0 saturated heterocycles. The van der Waals surface area contributed by atoms with Crippen LogP contribution in [-0.2, 0) is 16.1 Å². The smallest absolute Gasteiger partial charge is 0.234 e. The maximum absolute atomic E-state index is 12.3. The normalized spacial score (nSPS) is 10.9. The first kappa shape index (κ1) is 21.6. The van der Waals surface area contributed by atoms with Crippen LogP contribution in [0.2, 0.25) is 10.0 Å². The largest absolute Gasteiger partial charge is 0.383 e. The second kappa shape index (κ2) is 10.1. The Bertz CT molecular complexity index is 993. The fourth-order valence-corrected chi connectivity index (χ4v) is 3.66. The molecule has 0 spiro atoms. The van der Waals surface area contributed by atoms with Crippen LogP contribution in [0.3, 0.4) is 0 Å². The Morgan fingerprint density at radius 3 is 2.62 bits per heavy atom. The van der Waals surface area contributed by atoms with Crippen LogP contribution < -0.4 is 5.32 Å². The van der Waals surface area contributed by atoms with E-state index in [1.165, 1.54) is 11.8 Å². The molecule has 0 saturated carbocycles. The van der Waals surface area contributed by atoms with Gasteiger partial charge in [-0.2, -0.15) is 0 Å². The number of halogens is 2. The average Bonchev–Trinajstić information content (AvgIpc) is 3.11. The van der Waals surface area contributed by atoms with Gasteiger partial charge in [0, 0.05) is 28.4 Å². The standard InChI is InChI=1S/C20H20Cl2N4O2S/c1-13-3-8-16(11-17(13)22)23-18(27)12-29-20-25-24-19(26(20)9-10-28-2)14-4-6-15(21)7-5-14/h3-8,11H,9-10,12H2,1-2H3,(H,23,27). The van der Waals surface area contributed by atoms with Crippen molar-refractivity contribution in [2.45, 2.75) is 18.6 Å². The monoisotopic (exact) mass is 450 g/mol. The Labute approximate surface area is 183 Å². The number of thioether (sulfide) groups is 1. The molecular weight excluding hydrogens is 431 g/mol. The minimum absolute atomic E-state index is 0.149. The predicted molar refractivity (Wildman–Crippen MR) is 118 cm³/mol. The third-order valence-corrected chi connectivity index (χ3v) is 5.75. The summed E-state index contributed by atoms with van der Waals surface area (Å²) in [6.45, 7) is 2.98. The van der Waals surface area contributed by atoms with E-state index in [4.69, 9.17) is 27.9 Å². The molecule has 0 radical (unpaired) electrons. The highest BCUT2D eigenvalue weighted by molar-refractivity contribution is 7.99. The fourth-order valence-electron chi connectivity index (χ4n) is 2.59. The molecule has 0 unspecified atom stereocenters. The van der Waals surface area contributed by atoms with Crippen molar-refractivity contribution < 1.29 is 9.53 Å². The molecule has 0 aliphatic carbocycles. The van der Waals surface area contributed by atoms with E-state index in [9.17, 15) is 4.79 Å². The zero-order valence-corrected chi connectivity index (χ0v) is 18.3. The number of amides is 1. The summed E-state index contributed by atoms with van der Waals surface area (Å²) in [5, 5.41) is 13.3. The van der Waals surface area contributed by atoms with E-state index in [2.05, 4.69) is 15.5 Å². The van der Waals surface area contributed by atoms with Gasteiger partial charge in [0.15, 0.2) is 11.0 Å². The van der Waals surface area contributed by atoms with E-state index in [0.717, 1.165) is 11.1 Å². The van der Waals surface area contributed by atoms with E-state index in [1.807, 2.05) is 35.8 Å². The van der Waals surface area contributed by atoms with E-state index >= 15 is 0 Å². The number of carbonyl (C=O) groups is 1. The van der Waals surface area contributed by atoms with Gasteiger partial charge in [-0.1, -0.05) is 41.0 Å². The van der Waals surface area contributed by atoms with E-state index in [1.54, 1.807) is 25.3 Å². The number of rotatable bonds is 8. The quantitative estimate of drug-likeness (QED) is 0.492. The van der Waals surface area contributed by atoms with Crippen LogP contribution in [0.1, 0.15) is 5.56 Å². The van der Waals surface area contributed by atoms with Crippen LogP contribution in [0.4, 0.5) is 5.69 Å². The van der Waals surface area contributed by atoms with Crippen molar-refractivity contribution in [2.24, 2.45) is 0 Å². The van der Waals surface area contributed by atoms with Gasteiger partial charge in [0.1, 0.15) is 0 Å². The van der Waals surface area contributed by atoms with Gasteiger partial charge < -0.3 is 10.1 Å². The fraction of sp³-hybridized carbons (Fsp3) is 0.250. The molecule has 0 aliphatic rings. The molecule has 29 heavy (non-hydrogen) atoms. The van der Waals surface area contributed by atoms with Gasteiger partial charge in [-0.25, -0.2) is 0 Å². The van der Waals surface area contributed by atoms with Gasteiger partial charge in [0.2, 0.25) is 5.91 Å². The number of hydrogen-bond donors (Lipinski definition) is 1. The minimum atomic E-state index is -0.149. The summed E-state index contributed by atoms with van der Waals surface area (Å²) in [5.41, 5.74) is 2.51. The maximum Gasteiger partial charge on any atom is 0.234 e. The van der Waals surface area contributed by atoms with Gasteiger partial charge in [0.05, 0.1) is 18.9 Å². The number of hydrogen-bond acceptors (Lipinski definition) is 5. The Morgan fingerprint density at radius 1 is 1.17 bits per heavy atom. The first-order chi connectivity index (χ1) is 14.0. The van der Waals surface area contributed by atoms with Crippen molar-refractivity contribution in [2.75, 3.05) is 24.8 Å². The summed E-state index contributed by atoms with van der Waals surface area (Å²) in [5.74, 6) is 0.744. The molecule has 0 fully saturated rings. The Morgan fingerprint density at radius 2 is 1.93 bits per heavy atom. The summed E-state index contributed by atoms with van der Waals surface area (Å²) in [6, 6.07) is 12.8. The highest BCUT2D eigenvalue weighted by Crippen LogP contribution is 2.26. The van der Waals surface area contributed by atoms with Crippen LogP contribution in [0.25, 0.3) is 11.4 Å². The van der Waals surface area contributed by atoms with Crippen molar-refractivity contribution >= 4 is 46.6 Å². The van der Waals surface area contributed by atoms with Gasteiger partial charge in [-0.05, 0) is 48.9 Å². The van der Waals surface area contributed by atoms with Gasteiger partial charge in [0.25, 0.3) is 0 Å². The van der Waals surface area contributed by atoms with Crippen molar-refractivity contribution in [3.05, 3.63) is 58.1 Å². The van der Waals surface area contributed by atoms with Crippen molar-refractivity contribution in [3.63, 3.8) is 0 Å². The molecule has 152 valence electrons. The van der Waals surface area contributed by atoms with Gasteiger partial charge in [-0.3, -0.25) is 9.36 Å². The molecular formula is C20H20Cl2N4O2S. The average molecular weight is 451 g/mol. The van der Waals surface area contributed by atoms with Gasteiger partial charge >= 0.3 is 0 Å². The summed E-state index contributed by atoms with van der Waals surface area (Å²) in [4.78, 5) is 12.3. The zero-order chi connectivity index (χ0) is 20.8. The highest BCUT2D eigenvalue weighted by Gasteiger charge is 2.16. The van der Waals surface area contributed by atoms with Crippen LogP contribution >= 0.6 is 35.0 Å². The summed E-state index contributed by atoms with van der Waals surface area (Å²) in [6.07, 6.45) is 0. The first-order valence-corrected chi connectivity index (χ1v) is 10.6. The Hall–Kier alpha value is -2.06. The minimum Gasteiger partial charge on any atom is -0.383 e. The maximum atomic E-state index is 12.3. The first-order valence-electron chi connectivity index (χ1n) is 8.85. The molecule has 0 bridgehead atoms. The van der Waals surface area contributed by atoms with Crippen molar-refractivity contribution in [1.29, 1.82) is 0 Å². The Balaban J connectivity index is 1.71. The number of aryl methyl sites for hydroxylation is 1. The van der Waals surface area contributed by atoms with Crippen LogP contribution in [0.5, 0.6) is 0 Å². The van der Waals surface area contributed by atoms with E-state index in [-0.39, 0.29) is 11.7 Å². The molecule has 3 rings (SSSR count). The molecule has 1 aromatic heterocycles.